The zero-order valence-electron chi connectivity index (χ0n) is 15.6. The lowest BCUT2D eigenvalue weighted by atomic mass is 9.87. The third kappa shape index (κ3) is 4.33. The van der Waals surface area contributed by atoms with E-state index in [1.54, 1.807) is 0 Å². The molecule has 0 aliphatic carbocycles. The first-order chi connectivity index (χ1) is 12.1. The van der Waals surface area contributed by atoms with Gasteiger partial charge in [0, 0.05) is 44.9 Å². The Morgan fingerprint density at radius 3 is 2.60 bits per heavy atom. The molecule has 25 heavy (non-hydrogen) atoms. The fourth-order valence-electron chi connectivity index (χ4n) is 4.11. The summed E-state index contributed by atoms with van der Waals surface area (Å²) in [6.45, 7) is 10.2. The van der Waals surface area contributed by atoms with Crippen LogP contribution in [0.25, 0.3) is 0 Å². The van der Waals surface area contributed by atoms with Crippen LogP contribution in [0.4, 0.5) is 4.79 Å². The van der Waals surface area contributed by atoms with E-state index in [4.69, 9.17) is 4.74 Å². The van der Waals surface area contributed by atoms with E-state index in [0.29, 0.717) is 6.54 Å². The molecule has 0 unspecified atom stereocenters. The molecule has 1 N–H and O–H groups in total. The number of benzene rings is 1. The number of amides is 2. The fourth-order valence-corrected chi connectivity index (χ4v) is 4.11. The number of carbonyl (C=O) groups is 1. The molecular weight excluding hydrogens is 314 g/mol. The zero-order chi connectivity index (χ0) is 17.7. The average molecular weight is 345 g/mol. The summed E-state index contributed by atoms with van der Waals surface area (Å²) in [5, 5.41) is 3.11. The largest absolute Gasteiger partial charge is 0.381 e. The van der Waals surface area contributed by atoms with Crippen LogP contribution in [-0.4, -0.2) is 60.8 Å². The Balaban J connectivity index is 1.64. The third-order valence-electron chi connectivity index (χ3n) is 5.67. The lowest BCUT2D eigenvalue weighted by Crippen LogP contribution is -2.58. The maximum absolute atomic E-state index is 12.8. The Morgan fingerprint density at radius 2 is 1.92 bits per heavy atom. The van der Waals surface area contributed by atoms with Crippen LogP contribution in [0.2, 0.25) is 0 Å². The minimum absolute atomic E-state index is 0.0596. The predicted molar refractivity (Wildman–Crippen MR) is 99.6 cm³/mol. The first-order valence-electron chi connectivity index (χ1n) is 9.54. The lowest BCUT2D eigenvalue weighted by molar-refractivity contribution is -0.0291. The monoisotopic (exact) mass is 345 g/mol. The van der Waals surface area contributed by atoms with Gasteiger partial charge in [-0.15, -0.1) is 0 Å². The predicted octanol–water partition coefficient (Wildman–Crippen LogP) is 2.78. The number of nitrogens with zero attached hydrogens (tertiary/aromatic N) is 2. The van der Waals surface area contributed by atoms with Gasteiger partial charge in [0.25, 0.3) is 0 Å². The Labute approximate surface area is 151 Å². The summed E-state index contributed by atoms with van der Waals surface area (Å²) >= 11 is 0. The van der Waals surface area contributed by atoms with Gasteiger partial charge in [0.1, 0.15) is 0 Å². The molecule has 0 atom stereocenters. The molecule has 0 aromatic heterocycles. The van der Waals surface area contributed by atoms with Crippen LogP contribution in [0.15, 0.2) is 24.3 Å². The minimum atomic E-state index is 0.0596. The smallest absolute Gasteiger partial charge is 0.317 e. The molecule has 0 saturated carbocycles. The normalized spacial score (nSPS) is 21.1. The van der Waals surface area contributed by atoms with E-state index in [0.717, 1.165) is 64.2 Å². The fraction of sp³-hybridized carbons (Fsp3) is 0.650. The van der Waals surface area contributed by atoms with Crippen molar-refractivity contribution in [3.8, 4) is 0 Å². The van der Waals surface area contributed by atoms with Crippen LogP contribution in [0.1, 0.15) is 37.3 Å². The number of ether oxygens (including phenoxy) is 1. The van der Waals surface area contributed by atoms with Crippen molar-refractivity contribution >= 4 is 6.03 Å². The molecule has 1 spiro atoms. The molecule has 1 aromatic carbocycles. The maximum atomic E-state index is 12.8. The maximum Gasteiger partial charge on any atom is 0.317 e. The second-order valence-corrected chi connectivity index (χ2v) is 7.34. The van der Waals surface area contributed by atoms with Gasteiger partial charge in [-0.2, -0.15) is 0 Å². The van der Waals surface area contributed by atoms with Crippen molar-refractivity contribution in [3.05, 3.63) is 35.4 Å². The number of carbonyl (C=O) groups excluding carboxylic acids is 1. The molecule has 2 heterocycles. The molecule has 2 amide bonds. The molecule has 1 aromatic rings. The van der Waals surface area contributed by atoms with Gasteiger partial charge in [-0.05, 0) is 38.3 Å². The Morgan fingerprint density at radius 1 is 1.20 bits per heavy atom. The van der Waals surface area contributed by atoms with E-state index in [2.05, 4.69) is 48.3 Å². The molecule has 0 radical (unpaired) electrons. The summed E-state index contributed by atoms with van der Waals surface area (Å²) in [6, 6.07) is 8.39. The quantitative estimate of drug-likeness (QED) is 0.916. The van der Waals surface area contributed by atoms with Crippen molar-refractivity contribution in [1.82, 2.24) is 15.1 Å². The van der Waals surface area contributed by atoms with Crippen molar-refractivity contribution < 1.29 is 9.53 Å². The second kappa shape index (κ2) is 8.19. The van der Waals surface area contributed by atoms with Gasteiger partial charge >= 0.3 is 6.03 Å². The average Bonchev–Trinajstić information content (AvgIpc) is 2.81. The SMILES string of the molecule is CCN1CCCN(C(=O)NCc2ccc(C)cc2)CC12CCOCC2. The first kappa shape index (κ1) is 18.2. The number of hydrogen-bond donors (Lipinski definition) is 1. The van der Waals surface area contributed by atoms with E-state index in [1.807, 2.05) is 4.90 Å². The number of nitrogens with one attached hydrogen (secondary N) is 1. The van der Waals surface area contributed by atoms with Gasteiger partial charge in [0.05, 0.1) is 0 Å². The zero-order valence-corrected chi connectivity index (χ0v) is 15.6. The van der Waals surface area contributed by atoms with Crippen molar-refractivity contribution in [2.75, 3.05) is 39.4 Å². The Kier molecular flexibility index (Phi) is 5.97. The molecule has 2 aliphatic rings. The Hall–Kier alpha value is -1.59. The summed E-state index contributed by atoms with van der Waals surface area (Å²) in [5.41, 5.74) is 2.47. The Bertz CT molecular complexity index is 567. The number of urea groups is 1. The highest BCUT2D eigenvalue weighted by molar-refractivity contribution is 5.74. The van der Waals surface area contributed by atoms with Crippen molar-refractivity contribution in [1.29, 1.82) is 0 Å². The third-order valence-corrected chi connectivity index (χ3v) is 5.67. The number of rotatable bonds is 3. The number of hydrogen-bond acceptors (Lipinski definition) is 3. The molecule has 5 nitrogen and oxygen atoms in total. The molecule has 138 valence electrons. The van der Waals surface area contributed by atoms with Crippen molar-refractivity contribution in [2.45, 2.75) is 45.2 Å². The van der Waals surface area contributed by atoms with Crippen molar-refractivity contribution in [2.24, 2.45) is 0 Å². The van der Waals surface area contributed by atoms with Gasteiger partial charge in [-0.1, -0.05) is 36.8 Å². The summed E-state index contributed by atoms with van der Waals surface area (Å²) in [7, 11) is 0. The van der Waals surface area contributed by atoms with E-state index in [-0.39, 0.29) is 11.6 Å². The minimum Gasteiger partial charge on any atom is -0.381 e. The van der Waals surface area contributed by atoms with E-state index in [9.17, 15) is 4.79 Å². The molecule has 2 aliphatic heterocycles. The standard InChI is InChI=1S/C20H31N3O2/c1-3-23-12-4-11-22(16-20(23)9-13-25-14-10-20)19(24)21-15-18-7-5-17(2)6-8-18/h5-8H,3-4,9-16H2,1-2H3,(H,21,24). The van der Waals surface area contributed by atoms with Crippen LogP contribution in [-0.2, 0) is 11.3 Å². The van der Waals surface area contributed by atoms with E-state index in [1.165, 1.54) is 5.56 Å². The molecule has 0 bridgehead atoms. The molecule has 2 fully saturated rings. The second-order valence-electron chi connectivity index (χ2n) is 7.34. The summed E-state index contributed by atoms with van der Waals surface area (Å²) in [5.74, 6) is 0. The van der Waals surface area contributed by atoms with Gasteiger partial charge < -0.3 is 15.0 Å². The number of likely N-dealkylation sites (N-methyl/N-ethyl adjacent to an activating group) is 1. The van der Waals surface area contributed by atoms with Gasteiger partial charge in [-0.3, -0.25) is 4.90 Å². The van der Waals surface area contributed by atoms with Gasteiger partial charge in [0.15, 0.2) is 0 Å². The summed E-state index contributed by atoms with van der Waals surface area (Å²) < 4.78 is 5.60. The van der Waals surface area contributed by atoms with Crippen LogP contribution in [0.5, 0.6) is 0 Å². The van der Waals surface area contributed by atoms with E-state index >= 15 is 0 Å². The van der Waals surface area contributed by atoms with Gasteiger partial charge in [-0.25, -0.2) is 4.79 Å². The van der Waals surface area contributed by atoms with Crippen molar-refractivity contribution in [3.63, 3.8) is 0 Å². The summed E-state index contributed by atoms with van der Waals surface area (Å²) in [4.78, 5) is 17.4. The highest BCUT2D eigenvalue weighted by atomic mass is 16.5. The van der Waals surface area contributed by atoms with Crippen LogP contribution < -0.4 is 5.32 Å². The molecular formula is C20H31N3O2. The lowest BCUT2D eigenvalue weighted by Gasteiger charge is -2.46. The molecule has 3 rings (SSSR count). The van der Waals surface area contributed by atoms with Crippen LogP contribution >= 0.6 is 0 Å². The first-order valence-corrected chi connectivity index (χ1v) is 9.54. The van der Waals surface area contributed by atoms with E-state index < -0.39 is 0 Å². The topological polar surface area (TPSA) is 44.8 Å². The van der Waals surface area contributed by atoms with Crippen LogP contribution in [0, 0.1) is 6.92 Å². The summed E-state index contributed by atoms with van der Waals surface area (Å²) in [6.07, 6.45) is 3.07. The highest BCUT2D eigenvalue weighted by Crippen LogP contribution is 2.31. The molecule has 5 heteroatoms. The number of aryl methyl sites for hydroxylation is 1. The highest BCUT2D eigenvalue weighted by Gasteiger charge is 2.41. The van der Waals surface area contributed by atoms with Gasteiger partial charge in [0.2, 0.25) is 0 Å². The molecule has 2 saturated heterocycles. The van der Waals surface area contributed by atoms with Crippen LogP contribution in [0.3, 0.4) is 0 Å².